The van der Waals surface area contributed by atoms with Crippen LogP contribution >= 0.6 is 0 Å². The lowest BCUT2D eigenvalue weighted by atomic mass is 10.1. The molecule has 2 aromatic rings. The molecular formula is C27H35N3O9. The van der Waals surface area contributed by atoms with E-state index in [0.29, 0.717) is 30.2 Å². The van der Waals surface area contributed by atoms with Gasteiger partial charge < -0.3 is 35.7 Å². The molecule has 0 radical (unpaired) electrons. The third kappa shape index (κ3) is 14.3. The van der Waals surface area contributed by atoms with Gasteiger partial charge in [0.05, 0.1) is 13.2 Å². The van der Waals surface area contributed by atoms with Gasteiger partial charge in [-0.1, -0.05) is 36.4 Å². The summed E-state index contributed by atoms with van der Waals surface area (Å²) in [6.45, 7) is 5.51. The number of benzene rings is 2. The third-order valence-corrected chi connectivity index (χ3v) is 4.82. The fourth-order valence-corrected chi connectivity index (χ4v) is 3.01. The van der Waals surface area contributed by atoms with Crippen LogP contribution in [0.15, 0.2) is 48.5 Å². The fraction of sp³-hybridized carbons (Fsp3) is 0.370. The van der Waals surface area contributed by atoms with Crippen LogP contribution in [0.1, 0.15) is 44.7 Å². The minimum Gasteiger partial charge on any atom is -0.480 e. The van der Waals surface area contributed by atoms with Gasteiger partial charge in [0.1, 0.15) is 17.5 Å². The number of carbonyl (C=O) groups excluding carboxylic acids is 4. The Morgan fingerprint density at radius 3 is 1.87 bits per heavy atom. The average Bonchev–Trinajstić information content (AvgIpc) is 2.87. The second kappa shape index (κ2) is 18.0. The largest absolute Gasteiger partial charge is 0.480 e. The summed E-state index contributed by atoms with van der Waals surface area (Å²) >= 11 is 0. The van der Waals surface area contributed by atoms with Crippen LogP contribution in [-0.4, -0.2) is 54.1 Å². The zero-order valence-corrected chi connectivity index (χ0v) is 22.2. The maximum atomic E-state index is 11.6. The predicted molar refractivity (Wildman–Crippen MR) is 141 cm³/mol. The Balaban J connectivity index is 0.000000395. The Hall–Kier alpha value is -4.29. The van der Waals surface area contributed by atoms with E-state index in [-0.39, 0.29) is 43.8 Å². The maximum Gasteiger partial charge on any atom is 0.320 e. The lowest BCUT2D eigenvalue weighted by Crippen LogP contribution is -2.32. The monoisotopic (exact) mass is 545 g/mol. The number of rotatable bonds is 13. The molecule has 0 fully saturated rings. The van der Waals surface area contributed by atoms with Crippen LogP contribution in [0.5, 0.6) is 11.5 Å². The topological polar surface area (TPSA) is 183 Å². The molecule has 1 amide bonds. The van der Waals surface area contributed by atoms with Crippen molar-refractivity contribution in [2.24, 2.45) is 5.73 Å². The smallest absolute Gasteiger partial charge is 0.320 e. The highest BCUT2D eigenvalue weighted by Crippen LogP contribution is 2.18. The molecule has 12 heteroatoms. The van der Waals surface area contributed by atoms with E-state index < -0.39 is 18.0 Å². The van der Waals surface area contributed by atoms with Crippen molar-refractivity contribution in [2.75, 3.05) is 13.2 Å². The summed E-state index contributed by atoms with van der Waals surface area (Å²) in [5, 5.41) is 14.2. The number of nitrogens with one attached hydrogen (secondary N) is 2. The zero-order valence-electron chi connectivity index (χ0n) is 22.2. The normalized spacial score (nSPS) is 10.8. The lowest BCUT2D eigenvalue weighted by molar-refractivity contribution is -0.142. The summed E-state index contributed by atoms with van der Waals surface area (Å²) < 4.78 is 14.9. The standard InChI is InChI=1S/C14H18N2O5.C13H17NO4/c1-9(17)21-12-5-3-2-4-10(12)8-16-13(18)7-6-11(15)14(19)20;1-3-17-13(16)9-14-8-11-6-4-5-7-12(11)18-10(2)15/h2-5,11H,6-8,15H2,1H3,(H,16,18)(H,19,20);4-7,14H,3,8-9H2,1-2H3. The van der Waals surface area contributed by atoms with Crippen molar-refractivity contribution < 1.29 is 43.3 Å². The van der Waals surface area contributed by atoms with E-state index in [1.807, 2.05) is 12.1 Å². The molecule has 0 saturated carbocycles. The number of hydrogen-bond acceptors (Lipinski definition) is 10. The van der Waals surface area contributed by atoms with Gasteiger partial charge in [-0.15, -0.1) is 0 Å². The van der Waals surface area contributed by atoms with Crippen molar-refractivity contribution in [1.82, 2.24) is 10.6 Å². The van der Waals surface area contributed by atoms with E-state index in [9.17, 15) is 24.0 Å². The molecule has 12 nitrogen and oxygen atoms in total. The summed E-state index contributed by atoms with van der Waals surface area (Å²) in [4.78, 5) is 55.2. The zero-order chi connectivity index (χ0) is 29.2. The fourth-order valence-electron chi connectivity index (χ4n) is 3.01. The highest BCUT2D eigenvalue weighted by Gasteiger charge is 2.14. The van der Waals surface area contributed by atoms with Crippen LogP contribution in [0.3, 0.4) is 0 Å². The van der Waals surface area contributed by atoms with Crippen LogP contribution in [-0.2, 0) is 41.8 Å². The van der Waals surface area contributed by atoms with Gasteiger partial charge in [0.25, 0.3) is 0 Å². The number of aliphatic carboxylic acids is 1. The number of esters is 3. The van der Waals surface area contributed by atoms with E-state index in [2.05, 4.69) is 10.6 Å². The first-order chi connectivity index (χ1) is 18.5. The maximum absolute atomic E-state index is 11.6. The first kappa shape index (κ1) is 32.7. The molecule has 0 bridgehead atoms. The van der Waals surface area contributed by atoms with Crippen LogP contribution < -0.4 is 25.8 Å². The number of ether oxygens (including phenoxy) is 3. The molecule has 0 saturated heterocycles. The molecule has 1 unspecified atom stereocenters. The van der Waals surface area contributed by atoms with E-state index >= 15 is 0 Å². The highest BCUT2D eigenvalue weighted by atomic mass is 16.5. The van der Waals surface area contributed by atoms with E-state index in [1.54, 1.807) is 43.3 Å². The van der Waals surface area contributed by atoms with Crippen molar-refractivity contribution in [3.63, 3.8) is 0 Å². The summed E-state index contributed by atoms with van der Waals surface area (Å²) in [7, 11) is 0. The number of carboxylic acid groups (broad SMARTS) is 1. The molecule has 2 rings (SSSR count). The highest BCUT2D eigenvalue weighted by molar-refractivity contribution is 5.78. The first-order valence-corrected chi connectivity index (χ1v) is 12.2. The minimum atomic E-state index is -1.14. The van der Waals surface area contributed by atoms with Crippen molar-refractivity contribution in [3.05, 3.63) is 59.7 Å². The average molecular weight is 546 g/mol. The number of nitrogens with two attached hydrogens (primary N) is 1. The molecule has 39 heavy (non-hydrogen) atoms. The Morgan fingerprint density at radius 2 is 1.38 bits per heavy atom. The molecule has 0 aliphatic carbocycles. The van der Waals surface area contributed by atoms with Crippen molar-refractivity contribution in [2.45, 2.75) is 52.7 Å². The number of hydrogen-bond donors (Lipinski definition) is 4. The molecule has 1 atom stereocenters. The molecule has 0 aromatic heterocycles. The molecule has 212 valence electrons. The van der Waals surface area contributed by atoms with Gasteiger partial charge in [-0.2, -0.15) is 0 Å². The molecule has 0 spiro atoms. The first-order valence-electron chi connectivity index (χ1n) is 12.2. The summed E-state index contributed by atoms with van der Waals surface area (Å²) in [5.74, 6) is -1.68. The van der Waals surface area contributed by atoms with Gasteiger partial charge in [-0.3, -0.25) is 24.0 Å². The van der Waals surface area contributed by atoms with Crippen LogP contribution in [0.2, 0.25) is 0 Å². The van der Waals surface area contributed by atoms with E-state index in [0.717, 1.165) is 5.56 Å². The van der Waals surface area contributed by atoms with Gasteiger partial charge in [0, 0.05) is 44.5 Å². The SMILES string of the molecule is CC(=O)Oc1ccccc1CNC(=O)CCC(N)C(=O)O.CCOC(=O)CNCc1ccccc1OC(C)=O. The molecular weight excluding hydrogens is 510 g/mol. The second-order valence-electron chi connectivity index (χ2n) is 8.07. The molecule has 5 N–H and O–H groups in total. The molecule has 0 heterocycles. The Labute approximate surface area is 226 Å². The van der Waals surface area contributed by atoms with Crippen LogP contribution in [0.25, 0.3) is 0 Å². The predicted octanol–water partition coefficient (Wildman–Crippen LogP) is 1.68. The van der Waals surface area contributed by atoms with E-state index in [1.165, 1.54) is 13.8 Å². The third-order valence-electron chi connectivity index (χ3n) is 4.82. The van der Waals surface area contributed by atoms with Gasteiger partial charge in [-0.25, -0.2) is 0 Å². The van der Waals surface area contributed by atoms with Gasteiger partial charge >= 0.3 is 23.9 Å². The summed E-state index contributed by atoms with van der Waals surface area (Å²) in [5.41, 5.74) is 6.79. The minimum absolute atomic E-state index is 0.0171. The summed E-state index contributed by atoms with van der Waals surface area (Å²) in [6.07, 6.45) is 0.0793. The molecule has 0 aliphatic rings. The van der Waals surface area contributed by atoms with Gasteiger partial charge in [0.2, 0.25) is 5.91 Å². The molecule has 2 aromatic carbocycles. The van der Waals surface area contributed by atoms with Crippen LogP contribution in [0, 0.1) is 0 Å². The number of carbonyl (C=O) groups is 5. The van der Waals surface area contributed by atoms with E-state index in [4.69, 9.17) is 25.1 Å². The van der Waals surface area contributed by atoms with Crippen molar-refractivity contribution in [3.8, 4) is 11.5 Å². The van der Waals surface area contributed by atoms with Gasteiger partial charge in [-0.05, 0) is 25.5 Å². The second-order valence-corrected chi connectivity index (χ2v) is 8.07. The lowest BCUT2D eigenvalue weighted by Gasteiger charge is -2.10. The Kier molecular flexibility index (Phi) is 15.1. The Morgan fingerprint density at radius 1 is 0.872 bits per heavy atom. The van der Waals surface area contributed by atoms with Crippen molar-refractivity contribution in [1.29, 1.82) is 0 Å². The molecule has 0 aliphatic heterocycles. The van der Waals surface area contributed by atoms with Crippen LogP contribution in [0.4, 0.5) is 0 Å². The van der Waals surface area contributed by atoms with Gasteiger partial charge in [0.15, 0.2) is 0 Å². The number of para-hydroxylation sites is 2. The quantitative estimate of drug-likeness (QED) is 0.212. The summed E-state index contributed by atoms with van der Waals surface area (Å²) in [6, 6.07) is 12.9. The Bertz CT molecular complexity index is 1120. The number of amides is 1. The van der Waals surface area contributed by atoms with Crippen molar-refractivity contribution >= 4 is 29.8 Å². The number of carboxylic acids is 1.